The van der Waals surface area contributed by atoms with Gasteiger partial charge in [0, 0.05) is 37.3 Å². The predicted molar refractivity (Wildman–Crippen MR) is 119 cm³/mol. The molecule has 29 heavy (non-hydrogen) atoms. The maximum atomic E-state index is 13.1. The topological polar surface area (TPSA) is 56.0 Å². The number of aromatic nitrogens is 4. The molecule has 0 saturated carbocycles. The van der Waals surface area contributed by atoms with Crippen molar-refractivity contribution in [3.63, 3.8) is 0 Å². The van der Waals surface area contributed by atoms with Gasteiger partial charge < -0.3 is 4.90 Å². The molecule has 7 heteroatoms. The van der Waals surface area contributed by atoms with E-state index in [0.717, 1.165) is 55.4 Å². The van der Waals surface area contributed by atoms with Crippen LogP contribution in [0.3, 0.4) is 0 Å². The van der Waals surface area contributed by atoms with E-state index in [1.54, 1.807) is 22.2 Å². The summed E-state index contributed by atoms with van der Waals surface area (Å²) in [4.78, 5) is 22.4. The van der Waals surface area contributed by atoms with Crippen LogP contribution in [-0.4, -0.2) is 43.9 Å². The van der Waals surface area contributed by atoms with Crippen LogP contribution in [0.15, 0.2) is 23.5 Å². The van der Waals surface area contributed by atoms with Crippen LogP contribution in [-0.2, 0) is 32.9 Å². The number of thiophene rings is 1. The Morgan fingerprint density at radius 2 is 2.21 bits per heavy atom. The summed E-state index contributed by atoms with van der Waals surface area (Å²) in [5.74, 6) is 0.581. The van der Waals surface area contributed by atoms with Crippen molar-refractivity contribution in [2.24, 2.45) is 13.0 Å². The Bertz CT molecular complexity index is 1050. The molecule has 0 bridgehead atoms. The molecule has 0 N–H and O–H groups in total. The quantitative estimate of drug-likeness (QED) is 0.597. The molecular formula is C22H31N5OS. The van der Waals surface area contributed by atoms with E-state index in [1.807, 2.05) is 17.9 Å². The number of hydrogen-bond donors (Lipinski definition) is 0. The first-order chi connectivity index (χ1) is 13.9. The zero-order valence-corrected chi connectivity index (χ0v) is 18.7. The van der Waals surface area contributed by atoms with Crippen LogP contribution in [0.25, 0.3) is 10.2 Å². The van der Waals surface area contributed by atoms with Gasteiger partial charge in [-0.2, -0.15) is 5.10 Å². The molecule has 0 amide bonds. The molecule has 0 spiro atoms. The lowest BCUT2D eigenvalue weighted by molar-refractivity contribution is 0.226. The molecule has 0 aliphatic heterocycles. The summed E-state index contributed by atoms with van der Waals surface area (Å²) in [7, 11) is 4.18. The molecule has 4 rings (SSSR count). The van der Waals surface area contributed by atoms with E-state index in [2.05, 4.69) is 42.1 Å². The van der Waals surface area contributed by atoms with Crippen molar-refractivity contribution in [3.8, 4) is 0 Å². The molecule has 6 nitrogen and oxygen atoms in total. The van der Waals surface area contributed by atoms with Crippen molar-refractivity contribution in [3.05, 3.63) is 45.1 Å². The minimum absolute atomic E-state index is 0.150. The van der Waals surface area contributed by atoms with Gasteiger partial charge in [-0.3, -0.25) is 14.0 Å². The second kappa shape index (κ2) is 8.40. The third-order valence-electron chi connectivity index (χ3n) is 6.09. The number of rotatable bonds is 7. The second-order valence-electron chi connectivity index (χ2n) is 8.76. The monoisotopic (exact) mass is 413 g/mol. The van der Waals surface area contributed by atoms with Crippen LogP contribution >= 0.6 is 11.3 Å². The molecule has 1 atom stereocenters. The molecule has 1 aliphatic rings. The summed E-state index contributed by atoms with van der Waals surface area (Å²) >= 11 is 1.72. The number of fused-ring (bicyclic) bond motifs is 3. The smallest absolute Gasteiger partial charge is 0.262 e. The molecule has 156 valence electrons. The fourth-order valence-corrected chi connectivity index (χ4v) is 5.45. The highest BCUT2D eigenvalue weighted by molar-refractivity contribution is 7.18. The Hall–Kier alpha value is -1.99. The molecule has 0 saturated heterocycles. The first-order valence-corrected chi connectivity index (χ1v) is 11.4. The minimum Gasteiger partial charge on any atom is -0.303 e. The summed E-state index contributed by atoms with van der Waals surface area (Å²) in [6, 6.07) is 0.524. The van der Waals surface area contributed by atoms with Gasteiger partial charge in [-0.25, -0.2) is 4.98 Å². The van der Waals surface area contributed by atoms with E-state index in [9.17, 15) is 4.79 Å². The van der Waals surface area contributed by atoms with Gasteiger partial charge >= 0.3 is 0 Å². The van der Waals surface area contributed by atoms with E-state index in [-0.39, 0.29) is 5.56 Å². The lowest BCUT2D eigenvalue weighted by atomic mass is 9.92. The van der Waals surface area contributed by atoms with Crippen LogP contribution in [0.4, 0.5) is 0 Å². The van der Waals surface area contributed by atoms with Crippen molar-refractivity contribution in [2.75, 3.05) is 13.6 Å². The van der Waals surface area contributed by atoms with Crippen LogP contribution in [0, 0.1) is 5.92 Å². The summed E-state index contributed by atoms with van der Waals surface area (Å²) in [5, 5.41) is 5.14. The summed E-state index contributed by atoms with van der Waals surface area (Å²) < 4.78 is 3.67. The van der Waals surface area contributed by atoms with E-state index in [0.29, 0.717) is 12.0 Å². The molecular weight excluding hydrogens is 382 g/mol. The highest BCUT2D eigenvalue weighted by Crippen LogP contribution is 2.34. The second-order valence-corrected chi connectivity index (χ2v) is 9.84. The lowest BCUT2D eigenvalue weighted by Crippen LogP contribution is -2.37. The van der Waals surface area contributed by atoms with E-state index in [1.165, 1.54) is 16.0 Å². The van der Waals surface area contributed by atoms with E-state index in [4.69, 9.17) is 0 Å². The maximum Gasteiger partial charge on any atom is 0.262 e. The number of aryl methyl sites for hydroxylation is 3. The predicted octanol–water partition coefficient (Wildman–Crippen LogP) is 3.27. The highest BCUT2D eigenvalue weighted by Gasteiger charge is 2.27. The van der Waals surface area contributed by atoms with Gasteiger partial charge in [-0.05, 0) is 56.2 Å². The summed E-state index contributed by atoms with van der Waals surface area (Å²) in [6.07, 6.45) is 10.9. The Balaban J connectivity index is 1.49. The van der Waals surface area contributed by atoms with E-state index < -0.39 is 0 Å². The standard InChI is InChI=1S/C22H31N5OS/c1-15(2)7-10-27-14-23-21-20(22(27)28)18-6-5-17(11-19(18)29-21)25(3)9-8-16-12-24-26(4)13-16/h12-15,17H,5-11H2,1-4H3/t17-/m1/s1. The van der Waals surface area contributed by atoms with Crippen molar-refractivity contribution >= 4 is 21.6 Å². The first kappa shape index (κ1) is 20.3. The average Bonchev–Trinajstić information content (AvgIpc) is 3.28. The molecule has 0 unspecified atom stereocenters. The Labute approximate surface area is 176 Å². The highest BCUT2D eigenvalue weighted by atomic mass is 32.1. The molecule has 0 aromatic carbocycles. The zero-order chi connectivity index (χ0) is 20.5. The molecule has 3 heterocycles. The molecule has 3 aromatic heterocycles. The Kier molecular flexibility index (Phi) is 5.88. The minimum atomic E-state index is 0.150. The lowest BCUT2D eigenvalue weighted by Gasteiger charge is -2.31. The van der Waals surface area contributed by atoms with Crippen molar-refractivity contribution in [2.45, 2.75) is 58.5 Å². The fraction of sp³-hybridized carbons (Fsp3) is 0.591. The molecule has 1 aliphatic carbocycles. The first-order valence-electron chi connectivity index (χ1n) is 10.6. The third kappa shape index (κ3) is 4.31. The van der Waals surface area contributed by atoms with Crippen LogP contribution in [0.1, 0.15) is 42.7 Å². The zero-order valence-electron chi connectivity index (χ0n) is 17.9. The van der Waals surface area contributed by atoms with Crippen LogP contribution < -0.4 is 5.56 Å². The molecule has 3 aromatic rings. The van der Waals surface area contributed by atoms with Gasteiger partial charge in [0.15, 0.2) is 0 Å². The Morgan fingerprint density at radius 3 is 2.93 bits per heavy atom. The van der Waals surface area contributed by atoms with Gasteiger partial charge in [-0.1, -0.05) is 13.8 Å². The largest absolute Gasteiger partial charge is 0.303 e. The van der Waals surface area contributed by atoms with Crippen molar-refractivity contribution in [1.29, 1.82) is 0 Å². The normalized spacial score (nSPS) is 16.8. The van der Waals surface area contributed by atoms with Gasteiger partial charge in [0.1, 0.15) is 4.83 Å². The van der Waals surface area contributed by atoms with Crippen molar-refractivity contribution in [1.82, 2.24) is 24.2 Å². The maximum absolute atomic E-state index is 13.1. The number of hydrogen-bond acceptors (Lipinski definition) is 5. The van der Waals surface area contributed by atoms with Gasteiger partial charge in [0.2, 0.25) is 0 Å². The van der Waals surface area contributed by atoms with Gasteiger partial charge in [0.25, 0.3) is 5.56 Å². The third-order valence-corrected chi connectivity index (χ3v) is 7.25. The van der Waals surface area contributed by atoms with E-state index >= 15 is 0 Å². The number of nitrogens with zero attached hydrogens (tertiary/aromatic N) is 5. The van der Waals surface area contributed by atoms with Crippen LogP contribution in [0.2, 0.25) is 0 Å². The Morgan fingerprint density at radius 1 is 1.38 bits per heavy atom. The van der Waals surface area contributed by atoms with Crippen LogP contribution in [0.5, 0.6) is 0 Å². The summed E-state index contributed by atoms with van der Waals surface area (Å²) in [5.41, 5.74) is 2.69. The summed E-state index contributed by atoms with van der Waals surface area (Å²) in [6.45, 7) is 6.16. The SMILES string of the molecule is CC(C)CCn1cnc2sc3c(c2c1=O)CC[C@@H](N(C)CCc1cnn(C)c1)C3. The van der Waals surface area contributed by atoms with Gasteiger partial charge in [-0.15, -0.1) is 11.3 Å². The fourth-order valence-electron chi connectivity index (χ4n) is 4.21. The number of likely N-dealkylation sites (N-methyl/N-ethyl adjacent to an activating group) is 1. The average molecular weight is 414 g/mol. The van der Waals surface area contributed by atoms with Crippen molar-refractivity contribution < 1.29 is 0 Å². The van der Waals surface area contributed by atoms with Gasteiger partial charge in [0.05, 0.1) is 17.9 Å². The molecule has 0 radical (unpaired) electrons. The molecule has 0 fully saturated rings.